The molecular formula is C5H5BrClNO2S. The quantitative estimate of drug-likeness (QED) is 0.720. The highest BCUT2D eigenvalue weighted by Crippen LogP contribution is 2.20. The Labute approximate surface area is 77.5 Å². The van der Waals surface area contributed by atoms with E-state index in [9.17, 15) is 8.42 Å². The van der Waals surface area contributed by atoms with E-state index in [1.54, 1.807) is 11.6 Å². The SMILES string of the molecule is Cn1cc(S(=O)(=O)Cl)cc1Br. The second kappa shape index (κ2) is 2.80. The summed E-state index contributed by atoms with van der Waals surface area (Å²) < 4.78 is 23.8. The minimum atomic E-state index is -3.58. The third kappa shape index (κ3) is 1.98. The lowest BCUT2D eigenvalue weighted by Crippen LogP contribution is -1.87. The number of aryl methyl sites for hydroxylation is 1. The van der Waals surface area contributed by atoms with Crippen LogP contribution in [0.2, 0.25) is 0 Å². The molecule has 0 aliphatic rings. The van der Waals surface area contributed by atoms with Crippen molar-refractivity contribution in [2.45, 2.75) is 4.90 Å². The van der Waals surface area contributed by atoms with Crippen LogP contribution in [0.15, 0.2) is 21.8 Å². The summed E-state index contributed by atoms with van der Waals surface area (Å²) in [5.74, 6) is 0. The normalized spacial score (nSPS) is 11.9. The molecule has 0 fully saturated rings. The van der Waals surface area contributed by atoms with Crippen LogP contribution in [0.25, 0.3) is 0 Å². The fraction of sp³-hybridized carbons (Fsp3) is 0.200. The third-order valence-corrected chi connectivity index (χ3v) is 3.31. The predicted molar refractivity (Wildman–Crippen MR) is 46.2 cm³/mol. The lowest BCUT2D eigenvalue weighted by Gasteiger charge is -1.88. The second-order valence-corrected chi connectivity index (χ2v) is 5.43. The van der Waals surface area contributed by atoms with Crippen LogP contribution in [0.1, 0.15) is 0 Å². The summed E-state index contributed by atoms with van der Waals surface area (Å²) in [5, 5.41) is 0. The molecule has 1 heterocycles. The maximum atomic E-state index is 10.7. The molecule has 11 heavy (non-hydrogen) atoms. The van der Waals surface area contributed by atoms with Crippen LogP contribution in [-0.2, 0) is 16.1 Å². The number of nitrogens with zero attached hydrogens (tertiary/aromatic N) is 1. The summed E-state index contributed by atoms with van der Waals surface area (Å²) in [4.78, 5) is 0.105. The van der Waals surface area contributed by atoms with E-state index < -0.39 is 9.05 Å². The van der Waals surface area contributed by atoms with Crippen molar-refractivity contribution in [2.24, 2.45) is 7.05 Å². The maximum Gasteiger partial charge on any atom is 0.262 e. The summed E-state index contributed by atoms with van der Waals surface area (Å²) in [5.41, 5.74) is 0. The van der Waals surface area contributed by atoms with Gasteiger partial charge >= 0.3 is 0 Å². The zero-order valence-corrected chi connectivity index (χ0v) is 8.74. The molecule has 0 unspecified atom stereocenters. The van der Waals surface area contributed by atoms with Gasteiger partial charge in [-0.15, -0.1) is 0 Å². The van der Waals surface area contributed by atoms with E-state index >= 15 is 0 Å². The van der Waals surface area contributed by atoms with Gasteiger partial charge in [-0.3, -0.25) is 0 Å². The second-order valence-electron chi connectivity index (χ2n) is 2.05. The number of halogens is 2. The Hall–Kier alpha value is -0.0000000000000000555. The fourth-order valence-electron chi connectivity index (χ4n) is 0.642. The molecule has 0 aliphatic carbocycles. The number of rotatable bonds is 1. The van der Waals surface area contributed by atoms with E-state index in [4.69, 9.17) is 10.7 Å². The van der Waals surface area contributed by atoms with Gasteiger partial charge in [0.2, 0.25) is 0 Å². The van der Waals surface area contributed by atoms with Crippen LogP contribution in [-0.4, -0.2) is 13.0 Å². The van der Waals surface area contributed by atoms with Crippen molar-refractivity contribution in [1.82, 2.24) is 4.57 Å². The molecule has 3 nitrogen and oxygen atoms in total. The van der Waals surface area contributed by atoms with Gasteiger partial charge in [-0.25, -0.2) is 8.42 Å². The van der Waals surface area contributed by atoms with Crippen LogP contribution >= 0.6 is 26.6 Å². The Kier molecular flexibility index (Phi) is 2.32. The van der Waals surface area contributed by atoms with Gasteiger partial charge in [-0.2, -0.15) is 0 Å². The van der Waals surface area contributed by atoms with Crippen molar-refractivity contribution in [1.29, 1.82) is 0 Å². The standard InChI is InChI=1S/C5H5BrClNO2S/c1-8-3-4(2-5(8)6)11(7,9)10/h2-3H,1H3. The Balaban J connectivity index is 3.29. The van der Waals surface area contributed by atoms with Crippen molar-refractivity contribution >= 4 is 35.7 Å². The maximum absolute atomic E-state index is 10.7. The molecule has 0 radical (unpaired) electrons. The molecule has 1 rings (SSSR count). The molecule has 0 amide bonds. The molecule has 0 spiro atoms. The Morgan fingerprint density at radius 2 is 2.18 bits per heavy atom. The van der Waals surface area contributed by atoms with E-state index in [0.717, 1.165) is 0 Å². The highest BCUT2D eigenvalue weighted by Gasteiger charge is 2.12. The third-order valence-electron chi connectivity index (χ3n) is 1.20. The van der Waals surface area contributed by atoms with E-state index in [1.807, 2.05) is 0 Å². The summed E-state index contributed by atoms with van der Waals surface area (Å²) in [6, 6.07) is 1.45. The van der Waals surface area contributed by atoms with E-state index in [-0.39, 0.29) is 4.90 Å². The van der Waals surface area contributed by atoms with Crippen LogP contribution in [0.5, 0.6) is 0 Å². The van der Waals surface area contributed by atoms with E-state index in [0.29, 0.717) is 4.60 Å². The first kappa shape index (κ1) is 9.09. The van der Waals surface area contributed by atoms with Gasteiger partial charge < -0.3 is 4.57 Å². The highest BCUT2D eigenvalue weighted by atomic mass is 79.9. The van der Waals surface area contributed by atoms with Crippen molar-refractivity contribution in [2.75, 3.05) is 0 Å². The Bertz CT molecular complexity index is 350. The Morgan fingerprint density at radius 3 is 2.36 bits per heavy atom. The summed E-state index contributed by atoms with van der Waals surface area (Å²) in [7, 11) is 3.22. The molecule has 0 saturated heterocycles. The first-order valence-electron chi connectivity index (χ1n) is 2.68. The molecule has 0 aromatic carbocycles. The number of aromatic nitrogens is 1. The average Bonchev–Trinajstić information content (AvgIpc) is 2.11. The van der Waals surface area contributed by atoms with Crippen LogP contribution in [0.4, 0.5) is 0 Å². The zero-order valence-electron chi connectivity index (χ0n) is 5.58. The molecule has 0 N–H and O–H groups in total. The van der Waals surface area contributed by atoms with Gasteiger partial charge in [0.15, 0.2) is 0 Å². The van der Waals surface area contributed by atoms with E-state index in [2.05, 4.69) is 15.9 Å². The molecular weight excluding hydrogens is 253 g/mol. The van der Waals surface area contributed by atoms with Crippen molar-refractivity contribution < 1.29 is 8.42 Å². The topological polar surface area (TPSA) is 39.1 Å². The molecule has 0 atom stereocenters. The fourth-order valence-corrected chi connectivity index (χ4v) is 1.93. The van der Waals surface area contributed by atoms with E-state index in [1.165, 1.54) is 12.3 Å². The van der Waals surface area contributed by atoms with Gasteiger partial charge in [-0.1, -0.05) is 0 Å². The molecule has 0 aliphatic heterocycles. The summed E-state index contributed by atoms with van der Waals surface area (Å²) >= 11 is 3.15. The van der Waals surface area contributed by atoms with Crippen LogP contribution < -0.4 is 0 Å². The summed E-state index contributed by atoms with van der Waals surface area (Å²) in [6.45, 7) is 0. The van der Waals surface area contributed by atoms with Crippen LogP contribution in [0.3, 0.4) is 0 Å². The Morgan fingerprint density at radius 1 is 1.64 bits per heavy atom. The van der Waals surface area contributed by atoms with Crippen molar-refractivity contribution in [3.63, 3.8) is 0 Å². The first-order chi connectivity index (χ1) is 4.91. The smallest absolute Gasteiger partial charge is 0.262 e. The van der Waals surface area contributed by atoms with Crippen molar-refractivity contribution in [3.8, 4) is 0 Å². The predicted octanol–water partition coefficient (Wildman–Crippen LogP) is 1.72. The highest BCUT2D eigenvalue weighted by molar-refractivity contribution is 9.10. The van der Waals surface area contributed by atoms with Gasteiger partial charge in [0, 0.05) is 23.9 Å². The molecule has 1 aromatic heterocycles. The molecule has 0 bridgehead atoms. The molecule has 1 aromatic rings. The average molecular weight is 259 g/mol. The lowest BCUT2D eigenvalue weighted by molar-refractivity contribution is 0.609. The largest absolute Gasteiger partial charge is 0.344 e. The van der Waals surface area contributed by atoms with Gasteiger partial charge in [0.25, 0.3) is 9.05 Å². The summed E-state index contributed by atoms with van der Waals surface area (Å²) in [6.07, 6.45) is 1.44. The van der Waals surface area contributed by atoms with Crippen molar-refractivity contribution in [3.05, 3.63) is 16.9 Å². The number of hydrogen-bond donors (Lipinski definition) is 0. The molecule has 0 saturated carbocycles. The lowest BCUT2D eigenvalue weighted by atomic mass is 10.7. The minimum absolute atomic E-state index is 0.105. The first-order valence-corrected chi connectivity index (χ1v) is 5.78. The van der Waals surface area contributed by atoms with Gasteiger partial charge in [-0.05, 0) is 22.0 Å². The van der Waals surface area contributed by atoms with Crippen LogP contribution in [0, 0.1) is 0 Å². The zero-order chi connectivity index (χ0) is 8.65. The minimum Gasteiger partial charge on any atom is -0.344 e. The molecule has 62 valence electrons. The monoisotopic (exact) mass is 257 g/mol. The van der Waals surface area contributed by atoms with Gasteiger partial charge in [0.05, 0.1) is 4.60 Å². The number of hydrogen-bond acceptors (Lipinski definition) is 2. The van der Waals surface area contributed by atoms with Gasteiger partial charge in [0.1, 0.15) is 4.90 Å². The molecule has 6 heteroatoms.